The molecule has 0 spiro atoms. The first-order valence-electron chi connectivity index (χ1n) is 8.61. The first kappa shape index (κ1) is 19.0. The zero-order valence-electron chi connectivity index (χ0n) is 15.5. The van der Waals surface area contributed by atoms with Crippen LogP contribution in [0.25, 0.3) is 0 Å². The second-order valence-electron chi connectivity index (χ2n) is 7.43. The fraction of sp³-hybridized carbons (Fsp3) is 0.333. The van der Waals surface area contributed by atoms with Crippen LogP contribution < -0.4 is 10.4 Å². The van der Waals surface area contributed by atoms with E-state index in [-0.39, 0.29) is 5.04 Å². The maximum absolute atomic E-state index is 6.70. The fourth-order valence-corrected chi connectivity index (χ4v) is 8.09. The molecule has 0 amide bonds. The summed E-state index contributed by atoms with van der Waals surface area (Å²) >= 11 is -0.871. The quantitative estimate of drug-likeness (QED) is 0.601. The van der Waals surface area contributed by atoms with Crippen LogP contribution in [0.3, 0.4) is 0 Å². The van der Waals surface area contributed by atoms with Crippen molar-refractivity contribution < 1.29 is 4.43 Å². The summed E-state index contributed by atoms with van der Waals surface area (Å²) in [7, 11) is -2.41. The van der Waals surface area contributed by atoms with Crippen molar-refractivity contribution in [2.75, 3.05) is 6.61 Å². The molecule has 0 bridgehead atoms. The average Bonchev–Trinajstić information content (AvgIpc) is 2.55. The summed E-state index contributed by atoms with van der Waals surface area (Å²) in [6.07, 6.45) is 0. The molecule has 2 rings (SSSR count). The summed E-state index contributed by atoms with van der Waals surface area (Å²) in [6.45, 7) is 7.40. The van der Waals surface area contributed by atoms with E-state index in [0.29, 0.717) is 6.61 Å². The first-order valence-corrected chi connectivity index (χ1v) is 13.4. The highest BCUT2D eigenvalue weighted by Crippen LogP contribution is 2.36. The largest absolute Gasteiger partial charge is 0.397 e. The van der Waals surface area contributed by atoms with E-state index in [4.69, 9.17) is 4.43 Å². The lowest BCUT2D eigenvalue weighted by molar-refractivity contribution is 0.346. The molecule has 0 aliphatic carbocycles. The smallest absolute Gasteiger partial charge is 0.369 e. The molecule has 2 aromatic rings. The molecule has 24 heavy (non-hydrogen) atoms. The van der Waals surface area contributed by atoms with Gasteiger partial charge < -0.3 is 4.43 Å². The molecule has 0 radical (unpaired) electrons. The van der Waals surface area contributed by atoms with Gasteiger partial charge in [-0.25, -0.2) is 4.78 Å². The van der Waals surface area contributed by atoms with Gasteiger partial charge in [-0.3, -0.25) is 0 Å². The van der Waals surface area contributed by atoms with Gasteiger partial charge in [0.05, 0.1) is 6.61 Å². The lowest BCUT2D eigenvalue weighted by Gasteiger charge is -2.42. The molecule has 2 aromatic carbocycles. The molecule has 0 N–H and O–H groups in total. The molecule has 0 aliphatic heterocycles. The third kappa shape index (κ3) is 4.21. The second-order valence-corrected chi connectivity index (χ2v) is 14.3. The van der Waals surface area contributed by atoms with Crippen molar-refractivity contribution >= 4 is 32.8 Å². The lowest BCUT2D eigenvalue weighted by Crippen LogP contribution is -2.66. The topological polar surface area (TPSA) is 9.23 Å². The highest BCUT2D eigenvalue weighted by Gasteiger charge is 2.49. The number of hydrogen-bond acceptors (Lipinski definition) is 1. The molecule has 0 saturated carbocycles. The molecular weight excluding hydrogens is 323 g/mol. The van der Waals surface area contributed by atoms with Gasteiger partial charge in [0.15, 0.2) is 0 Å². The molecule has 0 saturated heterocycles. The van der Waals surface area contributed by atoms with Gasteiger partial charge in [-0.05, 0) is 15.4 Å². The predicted molar refractivity (Wildman–Crippen MR) is 109 cm³/mol. The number of benzene rings is 2. The zero-order valence-corrected chi connectivity index (χ0v) is 17.6. The highest BCUT2D eigenvalue weighted by molar-refractivity contribution is 6.99. The Kier molecular flexibility index (Phi) is 6.50. The van der Waals surface area contributed by atoms with E-state index in [1.165, 1.54) is 10.4 Å². The maximum Gasteiger partial charge on any atom is 0.369 e. The van der Waals surface area contributed by atoms with Crippen LogP contribution in [0.15, 0.2) is 60.7 Å². The zero-order chi connectivity index (χ0) is 17.6. The first-order chi connectivity index (χ1) is 11.4. The normalized spacial score (nSPS) is 11.5. The second kappa shape index (κ2) is 8.19. The Morgan fingerprint density at radius 2 is 1.33 bits per heavy atom. The van der Waals surface area contributed by atoms with Crippen LogP contribution in [-0.4, -0.2) is 29.1 Å². The van der Waals surface area contributed by atoms with E-state index in [1.54, 1.807) is 0 Å². The molecule has 0 aromatic heterocycles. The van der Waals surface area contributed by atoms with Crippen molar-refractivity contribution in [2.45, 2.75) is 37.4 Å². The molecule has 3 heteroatoms. The van der Waals surface area contributed by atoms with Crippen LogP contribution in [0.1, 0.15) is 20.8 Å². The summed E-state index contributed by atoms with van der Waals surface area (Å²) in [4.78, 5) is 3.36. The van der Waals surface area contributed by atoms with Crippen LogP contribution >= 0.6 is 0 Å². The third-order valence-corrected chi connectivity index (χ3v) is 9.93. The van der Waals surface area contributed by atoms with E-state index in [0.717, 1.165) is 0 Å². The van der Waals surface area contributed by atoms with Gasteiger partial charge in [0.2, 0.25) is 0 Å². The van der Waals surface area contributed by atoms with Crippen LogP contribution in [0.5, 0.6) is 0 Å². The number of hydrogen-bond donors (Lipinski definition) is 0. The summed E-state index contributed by atoms with van der Waals surface area (Å²) in [5.74, 6) is 7.77. The van der Waals surface area contributed by atoms with Gasteiger partial charge in [0, 0.05) is 0 Å². The Balaban J connectivity index is 2.56. The summed E-state index contributed by atoms with van der Waals surface area (Å²) in [5.41, 5.74) is 0. The average molecular weight is 351 g/mol. The van der Waals surface area contributed by atoms with Crippen molar-refractivity contribution in [3.05, 3.63) is 60.7 Å². The fourth-order valence-electron chi connectivity index (χ4n) is 3.15. The summed E-state index contributed by atoms with van der Waals surface area (Å²) < 4.78 is 6.70. The van der Waals surface area contributed by atoms with Gasteiger partial charge in [-0.15, -0.1) is 0 Å². The Labute approximate surface area is 152 Å². The van der Waals surface area contributed by atoms with E-state index in [1.807, 2.05) is 0 Å². The minimum atomic E-state index is -2.41. The highest BCUT2D eigenvalue weighted by atomic mass is 28.4. The van der Waals surface area contributed by atoms with Crippen LogP contribution in [0, 0.1) is 10.7 Å². The Morgan fingerprint density at radius 3 is 1.71 bits per heavy atom. The Bertz CT molecular complexity index is 654. The lowest BCUT2D eigenvalue weighted by atomic mass is 10.2. The van der Waals surface area contributed by atoms with Gasteiger partial charge >= 0.3 is 14.1 Å². The molecule has 0 aliphatic rings. The van der Waals surface area contributed by atoms with Crippen molar-refractivity contribution in [1.29, 1.82) is 0 Å². The standard InChI is InChI=1S/C19H21OSi.2CH3.Al/c1-5-16-20-21(19(2,3)4,17-12-8-6-9-13-17)18-14-10-7-11-15-18;;;/h6-15H,16H2,2-4H3;2*1H3;. The molecule has 124 valence electrons. The molecule has 0 atom stereocenters. The van der Waals surface area contributed by atoms with E-state index >= 15 is 0 Å². The van der Waals surface area contributed by atoms with Gasteiger partial charge in [-0.2, -0.15) is 0 Å². The molecule has 0 heterocycles. The van der Waals surface area contributed by atoms with Crippen molar-refractivity contribution in [2.24, 2.45) is 0 Å². The minimum Gasteiger partial charge on any atom is -0.397 e. The Hall–Kier alpha value is -1.29. The van der Waals surface area contributed by atoms with Crippen LogP contribution in [0.2, 0.25) is 16.6 Å². The van der Waals surface area contributed by atoms with Gasteiger partial charge in [-0.1, -0.05) is 98.9 Å². The summed E-state index contributed by atoms with van der Waals surface area (Å²) in [5, 5.41) is 2.65. The molecule has 0 unspecified atom stereocenters. The van der Waals surface area contributed by atoms with E-state index in [2.05, 4.69) is 104 Å². The molecule has 1 nitrogen and oxygen atoms in total. The minimum absolute atomic E-state index is 0.0205. The summed E-state index contributed by atoms with van der Waals surface area (Å²) in [6, 6.07) is 21.5. The third-order valence-electron chi connectivity index (χ3n) is 4.17. The van der Waals surface area contributed by atoms with E-state index < -0.39 is 22.5 Å². The van der Waals surface area contributed by atoms with Crippen molar-refractivity contribution in [3.8, 4) is 10.7 Å². The van der Waals surface area contributed by atoms with Gasteiger partial charge in [0.1, 0.15) is 0 Å². The number of rotatable bonds is 4. The maximum atomic E-state index is 6.70. The van der Waals surface area contributed by atoms with Gasteiger partial charge in [0.25, 0.3) is 8.32 Å². The van der Waals surface area contributed by atoms with Crippen LogP contribution in [0.4, 0.5) is 0 Å². The Morgan fingerprint density at radius 1 is 0.875 bits per heavy atom. The van der Waals surface area contributed by atoms with E-state index in [9.17, 15) is 0 Å². The monoisotopic (exact) mass is 350 g/mol. The van der Waals surface area contributed by atoms with Crippen molar-refractivity contribution in [1.82, 2.24) is 0 Å². The van der Waals surface area contributed by atoms with Crippen LogP contribution in [-0.2, 0) is 4.43 Å². The molecular formula is C21H27AlOSi. The van der Waals surface area contributed by atoms with Crippen molar-refractivity contribution in [3.63, 3.8) is 0 Å². The molecule has 0 fully saturated rings. The SMILES string of the molecule is [CH3][Al]([CH3])[C]#CCO[Si](c1ccccc1)(c1ccccc1)C(C)(C)C. The predicted octanol–water partition coefficient (Wildman–Crippen LogP) is 3.86.